The van der Waals surface area contributed by atoms with Crippen LogP contribution in [-0.4, -0.2) is 35.2 Å². The molecule has 1 aliphatic heterocycles. The normalized spacial score (nSPS) is 20.2. The van der Waals surface area contributed by atoms with Crippen molar-refractivity contribution in [2.75, 3.05) is 23.7 Å². The number of aliphatic carboxylic acids is 1. The number of hydrogen-bond acceptors (Lipinski definition) is 3. The first-order chi connectivity index (χ1) is 8.59. The fraction of sp³-hybridized carbons (Fsp3) is 0.500. The number of carboxylic acid groups (broad SMARTS) is 1. The number of rotatable bonds is 3. The highest BCUT2D eigenvalue weighted by molar-refractivity contribution is 8.00. The highest BCUT2D eigenvalue weighted by Gasteiger charge is 2.27. The van der Waals surface area contributed by atoms with Crippen LogP contribution in [0.4, 0.5) is 5.69 Å². The topological polar surface area (TPSA) is 40.5 Å². The van der Waals surface area contributed by atoms with E-state index in [4.69, 9.17) is 5.11 Å². The first-order valence-corrected chi connectivity index (χ1v) is 7.32. The van der Waals surface area contributed by atoms with E-state index in [1.165, 1.54) is 11.3 Å². The third-order valence-electron chi connectivity index (χ3n) is 3.24. The Hall–Kier alpha value is -1.16. The Morgan fingerprint density at radius 3 is 2.83 bits per heavy atom. The molecule has 0 spiro atoms. The summed E-state index contributed by atoms with van der Waals surface area (Å²) in [6, 6.07) is 8.31. The third-order valence-corrected chi connectivity index (χ3v) is 4.41. The predicted molar refractivity (Wildman–Crippen MR) is 76.6 cm³/mol. The van der Waals surface area contributed by atoms with Crippen LogP contribution < -0.4 is 4.90 Å². The Morgan fingerprint density at radius 2 is 2.17 bits per heavy atom. The molecule has 4 heteroatoms. The summed E-state index contributed by atoms with van der Waals surface area (Å²) in [6.07, 6.45) is 0. The molecule has 1 aromatic rings. The number of para-hydroxylation sites is 1. The molecule has 1 heterocycles. The van der Waals surface area contributed by atoms with Gasteiger partial charge in [-0.15, -0.1) is 11.8 Å². The van der Waals surface area contributed by atoms with Gasteiger partial charge < -0.3 is 10.0 Å². The maximum atomic E-state index is 11.1. The highest BCUT2D eigenvalue weighted by atomic mass is 32.2. The molecule has 0 saturated carbocycles. The standard InChI is InChI=1S/C14H19NO2S/c1-10(2)11-5-3-4-6-12(11)15-7-8-18-13(9-15)14(16)17/h3-6,10,13H,7-9H2,1-2H3,(H,16,17). The maximum Gasteiger partial charge on any atom is 0.318 e. The summed E-state index contributed by atoms with van der Waals surface area (Å²) in [4.78, 5) is 13.3. The lowest BCUT2D eigenvalue weighted by atomic mass is 10.0. The molecule has 1 fully saturated rings. The van der Waals surface area contributed by atoms with Crippen LogP contribution in [0.25, 0.3) is 0 Å². The number of benzene rings is 1. The molecular formula is C14H19NO2S. The molecule has 0 aliphatic carbocycles. The van der Waals surface area contributed by atoms with E-state index in [2.05, 4.69) is 30.9 Å². The molecule has 2 rings (SSSR count). The smallest absolute Gasteiger partial charge is 0.318 e. The number of carboxylic acids is 1. The van der Waals surface area contributed by atoms with Gasteiger partial charge in [0, 0.05) is 24.5 Å². The van der Waals surface area contributed by atoms with E-state index >= 15 is 0 Å². The van der Waals surface area contributed by atoms with Gasteiger partial charge in [0.15, 0.2) is 0 Å². The zero-order valence-corrected chi connectivity index (χ0v) is 11.6. The molecule has 0 radical (unpaired) electrons. The fourth-order valence-corrected chi connectivity index (χ4v) is 3.32. The number of thioether (sulfide) groups is 1. The minimum Gasteiger partial charge on any atom is -0.480 e. The molecule has 1 saturated heterocycles. The summed E-state index contributed by atoms with van der Waals surface area (Å²) in [5.74, 6) is 0.634. The fourth-order valence-electron chi connectivity index (χ4n) is 2.28. The molecule has 1 aliphatic rings. The molecule has 1 unspecified atom stereocenters. The monoisotopic (exact) mass is 265 g/mol. The van der Waals surface area contributed by atoms with Crippen LogP contribution in [-0.2, 0) is 4.79 Å². The SMILES string of the molecule is CC(C)c1ccccc1N1CCSC(C(=O)O)C1. The summed E-state index contributed by atoms with van der Waals surface area (Å²) in [5.41, 5.74) is 2.49. The van der Waals surface area contributed by atoms with E-state index in [1.54, 1.807) is 11.8 Å². The molecule has 1 atom stereocenters. The van der Waals surface area contributed by atoms with E-state index < -0.39 is 5.97 Å². The van der Waals surface area contributed by atoms with Gasteiger partial charge in [-0.2, -0.15) is 0 Å². The van der Waals surface area contributed by atoms with E-state index in [0.717, 1.165) is 12.3 Å². The zero-order chi connectivity index (χ0) is 13.1. The molecule has 1 aromatic carbocycles. The number of carbonyl (C=O) groups is 1. The van der Waals surface area contributed by atoms with Crippen LogP contribution in [0.2, 0.25) is 0 Å². The van der Waals surface area contributed by atoms with Gasteiger partial charge >= 0.3 is 5.97 Å². The summed E-state index contributed by atoms with van der Waals surface area (Å²) in [6.45, 7) is 5.88. The Bertz CT molecular complexity index is 434. The quantitative estimate of drug-likeness (QED) is 0.912. The van der Waals surface area contributed by atoms with Crippen molar-refractivity contribution >= 4 is 23.4 Å². The van der Waals surface area contributed by atoms with Gasteiger partial charge in [-0.05, 0) is 17.5 Å². The molecule has 3 nitrogen and oxygen atoms in total. The van der Waals surface area contributed by atoms with Gasteiger partial charge in [0.25, 0.3) is 0 Å². The van der Waals surface area contributed by atoms with E-state index in [9.17, 15) is 4.79 Å². The maximum absolute atomic E-state index is 11.1. The molecule has 18 heavy (non-hydrogen) atoms. The second kappa shape index (κ2) is 5.65. The molecule has 98 valence electrons. The largest absolute Gasteiger partial charge is 0.480 e. The average molecular weight is 265 g/mol. The summed E-state index contributed by atoms with van der Waals surface area (Å²) in [5, 5.41) is 8.83. The first-order valence-electron chi connectivity index (χ1n) is 6.28. The molecular weight excluding hydrogens is 246 g/mol. The minimum atomic E-state index is -0.702. The van der Waals surface area contributed by atoms with Gasteiger partial charge in [-0.25, -0.2) is 0 Å². The second-order valence-electron chi connectivity index (χ2n) is 4.86. The predicted octanol–water partition coefficient (Wildman–Crippen LogP) is 2.82. The van der Waals surface area contributed by atoms with Crippen molar-refractivity contribution in [2.45, 2.75) is 25.0 Å². The van der Waals surface area contributed by atoms with Crippen LogP contribution in [0.1, 0.15) is 25.3 Å². The van der Waals surface area contributed by atoms with Crippen molar-refractivity contribution in [1.82, 2.24) is 0 Å². The van der Waals surface area contributed by atoms with Crippen molar-refractivity contribution in [3.63, 3.8) is 0 Å². The van der Waals surface area contributed by atoms with Crippen LogP contribution in [0.5, 0.6) is 0 Å². The van der Waals surface area contributed by atoms with Crippen LogP contribution >= 0.6 is 11.8 Å². The lowest BCUT2D eigenvalue weighted by Crippen LogP contribution is -2.41. The van der Waals surface area contributed by atoms with Gasteiger partial charge in [0.2, 0.25) is 0 Å². The Balaban J connectivity index is 2.23. The number of hydrogen-bond donors (Lipinski definition) is 1. The first kappa shape index (κ1) is 13.3. The zero-order valence-electron chi connectivity index (χ0n) is 10.8. The van der Waals surface area contributed by atoms with Crippen molar-refractivity contribution in [1.29, 1.82) is 0 Å². The summed E-state index contributed by atoms with van der Waals surface area (Å²) >= 11 is 1.54. The Labute approximate surface area is 112 Å². The molecule has 0 amide bonds. The van der Waals surface area contributed by atoms with Crippen LogP contribution in [0, 0.1) is 0 Å². The summed E-state index contributed by atoms with van der Waals surface area (Å²) < 4.78 is 0. The Kier molecular flexibility index (Phi) is 4.17. The molecule has 0 bridgehead atoms. The highest BCUT2D eigenvalue weighted by Crippen LogP contribution is 2.30. The average Bonchev–Trinajstić information content (AvgIpc) is 2.39. The van der Waals surface area contributed by atoms with Crippen LogP contribution in [0.3, 0.4) is 0 Å². The van der Waals surface area contributed by atoms with Crippen molar-refractivity contribution in [3.05, 3.63) is 29.8 Å². The molecule has 1 N–H and O–H groups in total. The van der Waals surface area contributed by atoms with Crippen LogP contribution in [0.15, 0.2) is 24.3 Å². The van der Waals surface area contributed by atoms with Gasteiger partial charge in [-0.1, -0.05) is 32.0 Å². The molecule has 0 aromatic heterocycles. The number of nitrogens with zero attached hydrogens (tertiary/aromatic N) is 1. The minimum absolute atomic E-state index is 0.307. The van der Waals surface area contributed by atoms with E-state index in [1.807, 2.05) is 12.1 Å². The van der Waals surface area contributed by atoms with Gasteiger partial charge in [0.05, 0.1) is 0 Å². The van der Waals surface area contributed by atoms with Crippen molar-refractivity contribution in [3.8, 4) is 0 Å². The van der Waals surface area contributed by atoms with Crippen molar-refractivity contribution in [2.24, 2.45) is 0 Å². The number of anilines is 1. The van der Waals surface area contributed by atoms with Crippen molar-refractivity contribution < 1.29 is 9.90 Å². The summed E-state index contributed by atoms with van der Waals surface area (Å²) in [7, 11) is 0. The lowest BCUT2D eigenvalue weighted by molar-refractivity contribution is -0.136. The lowest BCUT2D eigenvalue weighted by Gasteiger charge is -2.34. The van der Waals surface area contributed by atoms with E-state index in [-0.39, 0.29) is 5.25 Å². The Morgan fingerprint density at radius 1 is 1.44 bits per heavy atom. The van der Waals surface area contributed by atoms with E-state index in [0.29, 0.717) is 12.5 Å². The van der Waals surface area contributed by atoms with Gasteiger partial charge in [-0.3, -0.25) is 4.79 Å². The second-order valence-corrected chi connectivity index (χ2v) is 6.17. The van der Waals surface area contributed by atoms with Gasteiger partial charge in [0.1, 0.15) is 5.25 Å². The third kappa shape index (κ3) is 2.80.